The molecule has 1 aromatic carbocycles. The molecule has 1 N–H and O–H groups in total. The predicted molar refractivity (Wildman–Crippen MR) is 56.4 cm³/mol. The average Bonchev–Trinajstić information content (AvgIpc) is 2.42. The van der Waals surface area contributed by atoms with E-state index in [2.05, 4.69) is 5.10 Å². The maximum absolute atomic E-state index is 9.41. The summed E-state index contributed by atoms with van der Waals surface area (Å²) < 4.78 is 1.73. The highest BCUT2D eigenvalue weighted by Crippen LogP contribution is 2.25. The van der Waals surface area contributed by atoms with Crippen molar-refractivity contribution in [1.29, 1.82) is 0 Å². The Labute approximate surface area is 86.9 Å². The van der Waals surface area contributed by atoms with Crippen molar-refractivity contribution in [1.82, 2.24) is 9.78 Å². The zero-order chi connectivity index (χ0) is 10.3. The molecule has 14 heavy (non-hydrogen) atoms. The van der Waals surface area contributed by atoms with Gasteiger partial charge in [-0.1, -0.05) is 17.7 Å². The molecule has 74 valence electrons. The minimum Gasteiger partial charge on any atom is -0.389 e. The fourth-order valence-corrected chi connectivity index (χ4v) is 1.77. The minimum absolute atomic E-state index is 0.476. The lowest BCUT2D eigenvalue weighted by molar-refractivity contribution is 0.199. The summed E-state index contributed by atoms with van der Waals surface area (Å²) in [5, 5.41) is 14.9. The van der Waals surface area contributed by atoms with Crippen molar-refractivity contribution >= 4 is 22.5 Å². The van der Waals surface area contributed by atoms with E-state index in [1.165, 1.54) is 0 Å². The molecule has 3 nitrogen and oxygen atoms in total. The molecule has 0 aliphatic rings. The van der Waals surface area contributed by atoms with Gasteiger partial charge in [0.15, 0.2) is 5.15 Å². The van der Waals surface area contributed by atoms with Gasteiger partial charge in [0.1, 0.15) is 0 Å². The van der Waals surface area contributed by atoms with E-state index in [1.54, 1.807) is 11.6 Å². The Balaban J connectivity index is 2.71. The van der Waals surface area contributed by atoms with E-state index < -0.39 is 6.10 Å². The SMILES string of the molecule is CC(O)c1ccc2c(c1)c(Cl)nn2C. The quantitative estimate of drug-likeness (QED) is 0.784. The molecule has 0 aliphatic heterocycles. The number of aliphatic hydroxyl groups is 1. The Morgan fingerprint density at radius 3 is 2.86 bits per heavy atom. The molecule has 0 radical (unpaired) electrons. The number of aromatic nitrogens is 2. The number of rotatable bonds is 1. The summed E-state index contributed by atoms with van der Waals surface area (Å²) >= 11 is 5.94. The molecule has 0 fully saturated rings. The highest BCUT2D eigenvalue weighted by atomic mass is 35.5. The molecular formula is C10H11ClN2O. The molecule has 2 aromatic rings. The van der Waals surface area contributed by atoms with Crippen LogP contribution in [0, 0.1) is 0 Å². The summed E-state index contributed by atoms with van der Waals surface area (Å²) in [6, 6.07) is 5.66. The largest absolute Gasteiger partial charge is 0.389 e. The highest BCUT2D eigenvalue weighted by molar-refractivity contribution is 6.34. The molecule has 1 atom stereocenters. The number of nitrogens with zero attached hydrogens (tertiary/aromatic N) is 2. The van der Waals surface area contributed by atoms with Gasteiger partial charge in [0.2, 0.25) is 0 Å². The lowest BCUT2D eigenvalue weighted by atomic mass is 10.1. The number of hydrogen-bond acceptors (Lipinski definition) is 2. The number of aryl methyl sites for hydroxylation is 1. The molecule has 1 heterocycles. The maximum Gasteiger partial charge on any atom is 0.158 e. The van der Waals surface area contributed by atoms with Gasteiger partial charge in [0.25, 0.3) is 0 Å². The first kappa shape index (κ1) is 9.49. The van der Waals surface area contributed by atoms with Crippen LogP contribution >= 0.6 is 11.6 Å². The van der Waals surface area contributed by atoms with Crippen LogP contribution in [0.1, 0.15) is 18.6 Å². The van der Waals surface area contributed by atoms with E-state index >= 15 is 0 Å². The summed E-state index contributed by atoms with van der Waals surface area (Å²) in [6.07, 6.45) is -0.476. The van der Waals surface area contributed by atoms with Crippen LogP contribution in [0.2, 0.25) is 5.15 Å². The number of halogens is 1. The molecule has 2 rings (SSSR count). The van der Waals surface area contributed by atoms with Gasteiger partial charge in [-0.05, 0) is 24.6 Å². The maximum atomic E-state index is 9.41. The summed E-state index contributed by atoms with van der Waals surface area (Å²) in [5.74, 6) is 0. The molecule has 0 saturated heterocycles. The van der Waals surface area contributed by atoms with Crippen LogP contribution in [0.3, 0.4) is 0 Å². The Morgan fingerprint density at radius 1 is 1.50 bits per heavy atom. The van der Waals surface area contributed by atoms with Crippen molar-refractivity contribution in [2.24, 2.45) is 7.05 Å². The molecule has 0 saturated carbocycles. The van der Waals surface area contributed by atoms with Crippen molar-refractivity contribution in [3.05, 3.63) is 28.9 Å². The van der Waals surface area contributed by atoms with Crippen molar-refractivity contribution < 1.29 is 5.11 Å². The molecule has 0 spiro atoms. The van der Waals surface area contributed by atoms with Crippen LogP contribution in [0.15, 0.2) is 18.2 Å². The number of benzene rings is 1. The first-order valence-electron chi connectivity index (χ1n) is 4.40. The number of hydrogen-bond donors (Lipinski definition) is 1. The van der Waals surface area contributed by atoms with E-state index in [0.29, 0.717) is 5.15 Å². The van der Waals surface area contributed by atoms with Crippen LogP contribution in [-0.2, 0) is 7.05 Å². The smallest absolute Gasteiger partial charge is 0.158 e. The van der Waals surface area contributed by atoms with Crippen LogP contribution in [0.25, 0.3) is 10.9 Å². The molecule has 0 aliphatic carbocycles. The summed E-state index contributed by atoms with van der Waals surface area (Å²) in [4.78, 5) is 0. The van der Waals surface area contributed by atoms with Gasteiger partial charge in [-0.15, -0.1) is 0 Å². The predicted octanol–water partition coefficient (Wildman–Crippen LogP) is 2.28. The first-order chi connectivity index (χ1) is 6.59. The van der Waals surface area contributed by atoms with E-state index in [0.717, 1.165) is 16.5 Å². The molecule has 1 aromatic heterocycles. The zero-order valence-corrected chi connectivity index (χ0v) is 8.78. The van der Waals surface area contributed by atoms with Gasteiger partial charge in [-0.3, -0.25) is 4.68 Å². The summed E-state index contributed by atoms with van der Waals surface area (Å²) in [6.45, 7) is 1.73. The van der Waals surface area contributed by atoms with Gasteiger partial charge >= 0.3 is 0 Å². The summed E-state index contributed by atoms with van der Waals surface area (Å²) in [7, 11) is 1.84. The molecule has 0 amide bonds. The monoisotopic (exact) mass is 210 g/mol. The lowest BCUT2D eigenvalue weighted by Crippen LogP contribution is -1.91. The Bertz CT molecular complexity index is 476. The number of fused-ring (bicyclic) bond motifs is 1. The van der Waals surface area contributed by atoms with Crippen LogP contribution in [0.5, 0.6) is 0 Å². The summed E-state index contributed by atoms with van der Waals surface area (Å²) in [5.41, 5.74) is 1.83. The highest BCUT2D eigenvalue weighted by Gasteiger charge is 2.08. The van der Waals surface area contributed by atoms with Crippen LogP contribution in [-0.4, -0.2) is 14.9 Å². The van der Waals surface area contributed by atoms with Crippen molar-refractivity contribution in [3.8, 4) is 0 Å². The number of aliphatic hydroxyl groups excluding tert-OH is 1. The average molecular weight is 211 g/mol. The second kappa shape index (κ2) is 3.26. The third-order valence-corrected chi connectivity index (χ3v) is 2.59. The van der Waals surface area contributed by atoms with Crippen molar-refractivity contribution in [2.75, 3.05) is 0 Å². The Morgan fingerprint density at radius 2 is 2.21 bits per heavy atom. The van der Waals surface area contributed by atoms with Gasteiger partial charge < -0.3 is 5.11 Å². The molecular weight excluding hydrogens is 200 g/mol. The van der Waals surface area contributed by atoms with Crippen LogP contribution in [0.4, 0.5) is 0 Å². The molecule has 4 heteroatoms. The Kier molecular flexibility index (Phi) is 2.21. The topological polar surface area (TPSA) is 38.1 Å². The standard InChI is InChI=1S/C10H11ClN2O/c1-6(14)7-3-4-9-8(5-7)10(11)12-13(9)2/h3-6,14H,1-2H3. The van der Waals surface area contributed by atoms with Crippen LogP contribution < -0.4 is 0 Å². The van der Waals surface area contributed by atoms with Gasteiger partial charge in [-0.25, -0.2) is 0 Å². The fraction of sp³-hybridized carbons (Fsp3) is 0.300. The molecule has 1 unspecified atom stereocenters. The van der Waals surface area contributed by atoms with E-state index in [4.69, 9.17) is 11.6 Å². The van der Waals surface area contributed by atoms with Gasteiger partial charge in [-0.2, -0.15) is 5.10 Å². The normalized spacial score (nSPS) is 13.4. The van der Waals surface area contributed by atoms with E-state index in [9.17, 15) is 5.11 Å². The van der Waals surface area contributed by atoms with E-state index in [-0.39, 0.29) is 0 Å². The third-order valence-electron chi connectivity index (χ3n) is 2.31. The second-order valence-corrected chi connectivity index (χ2v) is 3.72. The molecule has 0 bridgehead atoms. The van der Waals surface area contributed by atoms with Gasteiger partial charge in [0.05, 0.1) is 11.6 Å². The first-order valence-corrected chi connectivity index (χ1v) is 4.77. The van der Waals surface area contributed by atoms with Gasteiger partial charge in [0, 0.05) is 12.4 Å². The fourth-order valence-electron chi connectivity index (χ4n) is 1.50. The zero-order valence-electron chi connectivity index (χ0n) is 8.03. The third kappa shape index (κ3) is 1.38. The van der Waals surface area contributed by atoms with E-state index in [1.807, 2.05) is 25.2 Å². The second-order valence-electron chi connectivity index (χ2n) is 3.37. The lowest BCUT2D eigenvalue weighted by Gasteiger charge is -2.03. The van der Waals surface area contributed by atoms with Crippen molar-refractivity contribution in [2.45, 2.75) is 13.0 Å². The minimum atomic E-state index is -0.476. The Hall–Kier alpha value is -1.06. The van der Waals surface area contributed by atoms with Crippen molar-refractivity contribution in [3.63, 3.8) is 0 Å².